The van der Waals surface area contributed by atoms with Crippen molar-refractivity contribution < 1.29 is 9.53 Å². The Labute approximate surface area is 151 Å². The van der Waals surface area contributed by atoms with Gasteiger partial charge in [0.25, 0.3) is 5.91 Å². The lowest BCUT2D eigenvalue weighted by molar-refractivity contribution is -0.134. The average Bonchev–Trinajstić information content (AvgIpc) is 2.86. The van der Waals surface area contributed by atoms with Crippen LogP contribution in [0.4, 0.5) is 0 Å². The van der Waals surface area contributed by atoms with Crippen LogP contribution < -0.4 is 4.74 Å². The molecule has 0 spiro atoms. The zero-order chi connectivity index (χ0) is 17.5. The maximum atomic E-state index is 12.3. The summed E-state index contributed by atoms with van der Waals surface area (Å²) in [6, 6.07) is 8.15. The van der Waals surface area contributed by atoms with Crippen LogP contribution in [0, 0.1) is 0 Å². The van der Waals surface area contributed by atoms with E-state index in [-0.39, 0.29) is 12.5 Å². The van der Waals surface area contributed by atoms with Gasteiger partial charge in [0.15, 0.2) is 6.61 Å². The Bertz CT molecular complexity index is 558. The van der Waals surface area contributed by atoms with Crippen molar-refractivity contribution >= 4 is 5.91 Å². The smallest absolute Gasteiger partial charge is 0.260 e. The number of carbonyl (C=O) groups is 1. The molecule has 0 bridgehead atoms. The zero-order valence-electron chi connectivity index (χ0n) is 15.5. The molecule has 2 aliphatic heterocycles. The van der Waals surface area contributed by atoms with Gasteiger partial charge in [-0.2, -0.15) is 0 Å². The zero-order valence-corrected chi connectivity index (χ0v) is 15.5. The molecule has 1 aromatic rings. The summed E-state index contributed by atoms with van der Waals surface area (Å²) in [5.41, 5.74) is 1.18. The molecule has 0 radical (unpaired) electrons. The first-order valence-corrected chi connectivity index (χ1v) is 9.62. The molecular weight excluding hydrogens is 314 g/mol. The molecule has 0 saturated carbocycles. The number of carbonyl (C=O) groups excluding carboxylic acids is 1. The van der Waals surface area contributed by atoms with E-state index in [1.165, 1.54) is 24.9 Å². The Morgan fingerprint density at radius 3 is 2.60 bits per heavy atom. The molecule has 25 heavy (non-hydrogen) atoms. The summed E-state index contributed by atoms with van der Waals surface area (Å²) in [6.07, 6.45) is 4.67. The van der Waals surface area contributed by atoms with Crippen molar-refractivity contribution in [3.8, 4) is 5.75 Å². The van der Waals surface area contributed by atoms with Crippen LogP contribution in [0.25, 0.3) is 0 Å². The third kappa shape index (κ3) is 5.44. The average molecular weight is 345 g/mol. The number of benzene rings is 1. The van der Waals surface area contributed by atoms with Gasteiger partial charge in [-0.1, -0.05) is 18.2 Å². The standard InChI is InChI=1S/C20H31N3O2/c1-21-10-7-11-22(15-14-21)16-18-8-3-4-9-19(18)25-17-20(24)23-12-5-2-6-13-23/h3-4,8-9H,2,5-7,10-17H2,1H3. The lowest BCUT2D eigenvalue weighted by Crippen LogP contribution is -2.38. The highest BCUT2D eigenvalue weighted by Crippen LogP contribution is 2.21. The van der Waals surface area contributed by atoms with Gasteiger partial charge in [-0.05, 0) is 51.9 Å². The van der Waals surface area contributed by atoms with Gasteiger partial charge in [0.05, 0.1) is 0 Å². The Morgan fingerprint density at radius 2 is 1.76 bits per heavy atom. The molecule has 3 rings (SSSR count). The fourth-order valence-electron chi connectivity index (χ4n) is 3.65. The number of para-hydroxylation sites is 1. The van der Waals surface area contributed by atoms with E-state index in [1.807, 2.05) is 17.0 Å². The predicted octanol–water partition coefficient (Wildman–Crippen LogP) is 2.22. The Morgan fingerprint density at radius 1 is 0.960 bits per heavy atom. The summed E-state index contributed by atoms with van der Waals surface area (Å²) in [6.45, 7) is 7.27. The van der Waals surface area contributed by atoms with Gasteiger partial charge in [0, 0.05) is 38.3 Å². The second-order valence-corrected chi connectivity index (χ2v) is 7.27. The molecule has 2 saturated heterocycles. The highest BCUT2D eigenvalue weighted by Gasteiger charge is 2.18. The van der Waals surface area contributed by atoms with Crippen molar-refractivity contribution in [2.75, 3.05) is 52.9 Å². The van der Waals surface area contributed by atoms with E-state index in [0.717, 1.165) is 57.9 Å². The number of hydrogen-bond donors (Lipinski definition) is 0. The summed E-state index contributed by atoms with van der Waals surface area (Å²) in [4.78, 5) is 19.2. The predicted molar refractivity (Wildman–Crippen MR) is 99.8 cm³/mol. The van der Waals surface area contributed by atoms with Crippen molar-refractivity contribution in [2.45, 2.75) is 32.2 Å². The van der Waals surface area contributed by atoms with Gasteiger partial charge < -0.3 is 14.5 Å². The maximum absolute atomic E-state index is 12.3. The highest BCUT2D eigenvalue weighted by atomic mass is 16.5. The van der Waals surface area contributed by atoms with Crippen molar-refractivity contribution in [3.63, 3.8) is 0 Å². The number of amides is 1. The third-order valence-electron chi connectivity index (χ3n) is 5.24. The molecule has 2 aliphatic rings. The van der Waals surface area contributed by atoms with E-state index in [9.17, 15) is 4.79 Å². The molecule has 0 aliphatic carbocycles. The Hall–Kier alpha value is -1.59. The van der Waals surface area contributed by atoms with Crippen LogP contribution in [-0.2, 0) is 11.3 Å². The monoisotopic (exact) mass is 345 g/mol. The minimum Gasteiger partial charge on any atom is -0.483 e. The molecule has 0 unspecified atom stereocenters. The summed E-state index contributed by atoms with van der Waals surface area (Å²) < 4.78 is 5.92. The van der Waals surface area contributed by atoms with E-state index in [1.54, 1.807) is 0 Å². The topological polar surface area (TPSA) is 36.0 Å². The van der Waals surface area contributed by atoms with Crippen molar-refractivity contribution in [1.82, 2.24) is 14.7 Å². The molecule has 138 valence electrons. The quantitative estimate of drug-likeness (QED) is 0.820. The van der Waals surface area contributed by atoms with Crippen LogP contribution in [0.3, 0.4) is 0 Å². The number of rotatable bonds is 5. The number of hydrogen-bond acceptors (Lipinski definition) is 4. The van der Waals surface area contributed by atoms with Gasteiger partial charge in [0.1, 0.15) is 5.75 Å². The summed E-state index contributed by atoms with van der Waals surface area (Å²) >= 11 is 0. The van der Waals surface area contributed by atoms with Gasteiger partial charge in [-0.3, -0.25) is 9.69 Å². The maximum Gasteiger partial charge on any atom is 0.260 e. The number of piperidine rings is 1. The van der Waals surface area contributed by atoms with Crippen LogP contribution in [0.15, 0.2) is 24.3 Å². The van der Waals surface area contributed by atoms with Gasteiger partial charge >= 0.3 is 0 Å². The number of likely N-dealkylation sites (N-methyl/N-ethyl adjacent to an activating group) is 1. The second kappa shape index (κ2) is 9.20. The fourth-order valence-corrected chi connectivity index (χ4v) is 3.65. The minimum absolute atomic E-state index is 0.117. The van der Waals surface area contributed by atoms with E-state index < -0.39 is 0 Å². The van der Waals surface area contributed by atoms with E-state index in [4.69, 9.17) is 4.74 Å². The lowest BCUT2D eigenvalue weighted by Gasteiger charge is -2.27. The SMILES string of the molecule is CN1CCCN(Cc2ccccc2OCC(=O)N2CCCCC2)CC1. The minimum atomic E-state index is 0.117. The largest absolute Gasteiger partial charge is 0.483 e. The number of likely N-dealkylation sites (tertiary alicyclic amines) is 1. The van der Waals surface area contributed by atoms with Crippen LogP contribution in [0.1, 0.15) is 31.2 Å². The molecule has 0 N–H and O–H groups in total. The molecule has 0 aromatic heterocycles. The summed E-state index contributed by atoms with van der Waals surface area (Å²) in [5.74, 6) is 0.969. The molecular formula is C20H31N3O2. The van der Waals surface area contributed by atoms with Gasteiger partial charge in [0.2, 0.25) is 0 Å². The Balaban J connectivity index is 1.55. The molecule has 1 aromatic carbocycles. The molecule has 1 amide bonds. The summed E-state index contributed by atoms with van der Waals surface area (Å²) in [5, 5.41) is 0. The van der Waals surface area contributed by atoms with Crippen LogP contribution in [0.2, 0.25) is 0 Å². The fraction of sp³-hybridized carbons (Fsp3) is 0.650. The van der Waals surface area contributed by atoms with Crippen LogP contribution >= 0.6 is 0 Å². The second-order valence-electron chi connectivity index (χ2n) is 7.27. The lowest BCUT2D eigenvalue weighted by atomic mass is 10.1. The number of nitrogens with zero attached hydrogens (tertiary/aromatic N) is 3. The first-order chi connectivity index (χ1) is 12.2. The first-order valence-electron chi connectivity index (χ1n) is 9.62. The molecule has 5 nitrogen and oxygen atoms in total. The normalized spacial score (nSPS) is 20.3. The highest BCUT2D eigenvalue weighted by molar-refractivity contribution is 5.77. The van der Waals surface area contributed by atoms with E-state index in [2.05, 4.69) is 29.0 Å². The molecule has 2 heterocycles. The molecule has 0 atom stereocenters. The molecule has 2 fully saturated rings. The van der Waals surface area contributed by atoms with Gasteiger partial charge in [-0.15, -0.1) is 0 Å². The van der Waals surface area contributed by atoms with E-state index >= 15 is 0 Å². The first kappa shape index (κ1) is 18.2. The Kier molecular flexibility index (Phi) is 6.70. The van der Waals surface area contributed by atoms with Gasteiger partial charge in [-0.25, -0.2) is 0 Å². The molecule has 5 heteroatoms. The van der Waals surface area contributed by atoms with Crippen LogP contribution in [-0.4, -0.2) is 73.5 Å². The van der Waals surface area contributed by atoms with Crippen molar-refractivity contribution in [2.24, 2.45) is 0 Å². The summed E-state index contributed by atoms with van der Waals surface area (Å²) in [7, 11) is 2.19. The third-order valence-corrected chi connectivity index (χ3v) is 5.24. The van der Waals surface area contributed by atoms with Crippen LogP contribution in [0.5, 0.6) is 5.75 Å². The number of ether oxygens (including phenoxy) is 1. The van der Waals surface area contributed by atoms with E-state index in [0.29, 0.717) is 0 Å². The van der Waals surface area contributed by atoms with Crippen molar-refractivity contribution in [1.29, 1.82) is 0 Å². The van der Waals surface area contributed by atoms with Crippen molar-refractivity contribution in [3.05, 3.63) is 29.8 Å².